The second-order valence-corrected chi connectivity index (χ2v) is 6.90. The monoisotopic (exact) mass is 428 g/mol. The van der Waals surface area contributed by atoms with E-state index in [0.717, 1.165) is 12.1 Å². The summed E-state index contributed by atoms with van der Waals surface area (Å²) in [4.78, 5) is 25.2. The van der Waals surface area contributed by atoms with Gasteiger partial charge in [0, 0.05) is 23.9 Å². The number of aromatic nitrogens is 2. The number of halogens is 2. The van der Waals surface area contributed by atoms with Crippen molar-refractivity contribution in [2.45, 2.75) is 13.0 Å². The predicted molar refractivity (Wildman–Crippen MR) is 113 cm³/mol. The molecule has 7 nitrogen and oxygen atoms in total. The van der Waals surface area contributed by atoms with Gasteiger partial charge in [-0.2, -0.15) is 5.10 Å². The lowest BCUT2D eigenvalue weighted by Gasteiger charge is -2.20. The summed E-state index contributed by atoms with van der Waals surface area (Å²) in [6.45, 7) is 1.09. The van der Waals surface area contributed by atoms with Crippen molar-refractivity contribution >= 4 is 11.8 Å². The molecule has 0 atom stereocenters. The van der Waals surface area contributed by atoms with Crippen LogP contribution in [0, 0.1) is 11.6 Å². The molecule has 1 heterocycles. The Hall–Kier alpha value is -3.59. The fraction of sp³-hybridized carbons (Fsp3) is 0.227. The lowest BCUT2D eigenvalue weighted by Crippen LogP contribution is -2.32. The minimum absolute atomic E-state index is 0.0914. The van der Waals surface area contributed by atoms with Crippen molar-refractivity contribution in [3.63, 3.8) is 0 Å². The molecule has 0 aliphatic carbocycles. The number of carboxylic acid groups (broad SMARTS) is 1. The number of rotatable bonds is 8. The topological polar surface area (TPSA) is 87.5 Å². The first-order valence-corrected chi connectivity index (χ1v) is 9.66. The van der Waals surface area contributed by atoms with E-state index >= 15 is 0 Å². The highest BCUT2D eigenvalue weighted by molar-refractivity contribution is 5.86. The number of nitrogens with zero attached hydrogens (tertiary/aromatic N) is 3. The maximum Gasteiger partial charge on any atom is 0.411 e. The third-order valence-corrected chi connectivity index (χ3v) is 4.68. The number of benzene rings is 2. The van der Waals surface area contributed by atoms with E-state index in [4.69, 9.17) is 0 Å². The number of carbonyl (C=O) groups is 1. The minimum Gasteiger partial charge on any atom is -0.465 e. The van der Waals surface area contributed by atoms with Gasteiger partial charge in [-0.25, -0.2) is 18.3 Å². The van der Waals surface area contributed by atoms with E-state index in [0.29, 0.717) is 42.0 Å². The smallest absolute Gasteiger partial charge is 0.411 e. The van der Waals surface area contributed by atoms with Gasteiger partial charge in [-0.3, -0.25) is 9.69 Å². The summed E-state index contributed by atoms with van der Waals surface area (Å²) in [5.41, 5.74) is 1.44. The van der Waals surface area contributed by atoms with Gasteiger partial charge < -0.3 is 10.4 Å². The number of amides is 1. The second kappa shape index (κ2) is 9.94. The summed E-state index contributed by atoms with van der Waals surface area (Å²) in [5, 5.41) is 16.8. The van der Waals surface area contributed by atoms with E-state index in [9.17, 15) is 23.5 Å². The van der Waals surface area contributed by atoms with Gasteiger partial charge in [0.25, 0.3) is 5.56 Å². The molecule has 0 unspecified atom stereocenters. The predicted octanol–water partition coefficient (Wildman–Crippen LogP) is 3.33. The highest BCUT2D eigenvalue weighted by Crippen LogP contribution is 2.20. The van der Waals surface area contributed by atoms with Crippen LogP contribution in [0.2, 0.25) is 0 Å². The summed E-state index contributed by atoms with van der Waals surface area (Å²) < 4.78 is 28.0. The third-order valence-electron chi connectivity index (χ3n) is 4.68. The Morgan fingerprint density at radius 2 is 1.94 bits per heavy atom. The molecule has 0 aliphatic heterocycles. The average molecular weight is 428 g/mol. The average Bonchev–Trinajstić information content (AvgIpc) is 2.75. The Labute approximate surface area is 177 Å². The van der Waals surface area contributed by atoms with Crippen LogP contribution < -0.4 is 15.8 Å². The van der Waals surface area contributed by atoms with Crippen LogP contribution in [0.5, 0.6) is 0 Å². The van der Waals surface area contributed by atoms with Gasteiger partial charge in [-0.1, -0.05) is 12.1 Å². The first-order chi connectivity index (χ1) is 14.9. The van der Waals surface area contributed by atoms with E-state index < -0.39 is 17.7 Å². The molecular formula is C22H22F2N4O3. The van der Waals surface area contributed by atoms with Crippen molar-refractivity contribution < 1.29 is 18.7 Å². The fourth-order valence-corrected chi connectivity index (χ4v) is 3.12. The van der Waals surface area contributed by atoms with Gasteiger partial charge >= 0.3 is 6.09 Å². The normalized spacial score (nSPS) is 10.8. The van der Waals surface area contributed by atoms with Crippen LogP contribution in [-0.2, 0) is 6.54 Å². The molecule has 3 rings (SSSR count). The number of nitrogens with one attached hydrogen (secondary N) is 1. The van der Waals surface area contributed by atoms with Crippen LogP contribution in [0.4, 0.5) is 19.3 Å². The van der Waals surface area contributed by atoms with E-state index in [1.165, 1.54) is 27.8 Å². The summed E-state index contributed by atoms with van der Waals surface area (Å²) in [7, 11) is 1.80. The van der Waals surface area contributed by atoms with Gasteiger partial charge in [0.05, 0.1) is 12.2 Å². The molecule has 0 fully saturated rings. The van der Waals surface area contributed by atoms with Crippen LogP contribution in [-0.4, -0.2) is 41.1 Å². The van der Waals surface area contributed by atoms with Gasteiger partial charge in [0.1, 0.15) is 0 Å². The molecule has 0 radical (unpaired) electrons. The molecule has 2 aromatic carbocycles. The summed E-state index contributed by atoms with van der Waals surface area (Å²) >= 11 is 0. The number of hydrogen-bond acceptors (Lipinski definition) is 4. The Bertz CT molecular complexity index is 1130. The van der Waals surface area contributed by atoms with Crippen LogP contribution in [0.1, 0.15) is 12.0 Å². The SMILES string of the molecule is CNCCCN(C(=O)O)c1cccc(Cn2nc(-c3ccc(F)c(F)c3)ccc2=O)c1. The van der Waals surface area contributed by atoms with Crippen molar-refractivity contribution in [3.05, 3.63) is 82.1 Å². The third kappa shape index (κ3) is 5.52. The summed E-state index contributed by atoms with van der Waals surface area (Å²) in [6, 6.07) is 13.0. The molecule has 0 bridgehead atoms. The number of anilines is 1. The summed E-state index contributed by atoms with van der Waals surface area (Å²) in [6.07, 6.45) is -0.423. The van der Waals surface area contributed by atoms with Crippen molar-refractivity contribution in [3.8, 4) is 11.3 Å². The molecule has 31 heavy (non-hydrogen) atoms. The van der Waals surface area contributed by atoms with Gasteiger partial charge in [-0.15, -0.1) is 0 Å². The van der Waals surface area contributed by atoms with Crippen LogP contribution in [0.15, 0.2) is 59.4 Å². The molecule has 0 saturated carbocycles. The van der Waals surface area contributed by atoms with Crippen molar-refractivity contribution in [2.24, 2.45) is 0 Å². The Balaban J connectivity index is 1.87. The second-order valence-electron chi connectivity index (χ2n) is 6.90. The zero-order valence-electron chi connectivity index (χ0n) is 16.9. The highest BCUT2D eigenvalue weighted by Gasteiger charge is 2.15. The largest absolute Gasteiger partial charge is 0.465 e. The van der Waals surface area contributed by atoms with Crippen LogP contribution >= 0.6 is 0 Å². The molecule has 9 heteroatoms. The molecule has 1 amide bonds. The van der Waals surface area contributed by atoms with Crippen molar-refractivity contribution in [2.75, 3.05) is 25.0 Å². The van der Waals surface area contributed by atoms with Gasteiger partial charge in [0.15, 0.2) is 11.6 Å². The lowest BCUT2D eigenvalue weighted by atomic mass is 10.1. The zero-order valence-corrected chi connectivity index (χ0v) is 16.9. The molecule has 0 aliphatic rings. The lowest BCUT2D eigenvalue weighted by molar-refractivity contribution is 0.201. The maximum atomic E-state index is 13.6. The first-order valence-electron chi connectivity index (χ1n) is 9.66. The van der Waals surface area contributed by atoms with E-state index in [1.54, 1.807) is 31.3 Å². The van der Waals surface area contributed by atoms with Crippen LogP contribution in [0.3, 0.4) is 0 Å². The van der Waals surface area contributed by atoms with E-state index in [1.807, 2.05) is 0 Å². The van der Waals surface area contributed by atoms with E-state index in [-0.39, 0.29) is 12.1 Å². The summed E-state index contributed by atoms with van der Waals surface area (Å²) in [5.74, 6) is -1.97. The molecular weight excluding hydrogens is 406 g/mol. The highest BCUT2D eigenvalue weighted by atomic mass is 19.2. The number of hydrogen-bond donors (Lipinski definition) is 2. The Kier molecular flexibility index (Phi) is 7.09. The molecule has 2 N–H and O–H groups in total. The van der Waals surface area contributed by atoms with Crippen molar-refractivity contribution in [1.29, 1.82) is 0 Å². The Morgan fingerprint density at radius 3 is 2.65 bits per heavy atom. The molecule has 1 aromatic heterocycles. The fourth-order valence-electron chi connectivity index (χ4n) is 3.12. The van der Waals surface area contributed by atoms with E-state index in [2.05, 4.69) is 10.4 Å². The van der Waals surface area contributed by atoms with Crippen LogP contribution in [0.25, 0.3) is 11.3 Å². The maximum absolute atomic E-state index is 13.6. The molecule has 0 saturated heterocycles. The molecule has 3 aromatic rings. The van der Waals surface area contributed by atoms with Gasteiger partial charge in [-0.05, 0) is 62.0 Å². The van der Waals surface area contributed by atoms with Crippen molar-refractivity contribution in [1.82, 2.24) is 15.1 Å². The zero-order chi connectivity index (χ0) is 22.4. The quantitative estimate of drug-likeness (QED) is 0.538. The molecule has 162 valence electrons. The van der Waals surface area contributed by atoms with Gasteiger partial charge in [0.2, 0.25) is 0 Å². The Morgan fingerprint density at radius 1 is 1.13 bits per heavy atom. The first kappa shape index (κ1) is 22.1. The standard InChI is InChI=1S/C22H22F2N4O3/c1-25-10-3-11-27(22(30)31)17-5-2-4-15(12-17)14-28-21(29)9-8-20(26-28)16-6-7-18(23)19(24)13-16/h2,4-9,12-13,25H,3,10-11,14H2,1H3,(H,30,31). The molecule has 0 spiro atoms. The minimum atomic E-state index is -1.07.